The highest BCUT2D eigenvalue weighted by Crippen LogP contribution is 2.23. The maximum Gasteiger partial charge on any atom is 0.337 e. The van der Waals surface area contributed by atoms with E-state index < -0.39 is 0 Å². The number of rotatable bonds is 3. The van der Waals surface area contributed by atoms with Crippen molar-refractivity contribution in [2.45, 2.75) is 0 Å². The van der Waals surface area contributed by atoms with Gasteiger partial charge >= 0.3 is 5.97 Å². The number of esters is 1. The molecule has 0 fully saturated rings. The van der Waals surface area contributed by atoms with Crippen LogP contribution in [0, 0.1) is 0 Å². The second-order valence-electron chi connectivity index (χ2n) is 3.93. The molecule has 0 bridgehead atoms. The predicted octanol–water partition coefficient (Wildman–Crippen LogP) is 2.43. The molecule has 0 saturated carbocycles. The molecule has 0 unspecified atom stereocenters. The summed E-state index contributed by atoms with van der Waals surface area (Å²) in [5.74, 6) is 4.85. The van der Waals surface area contributed by atoms with E-state index in [1.165, 1.54) is 7.11 Å². The van der Waals surface area contributed by atoms with Crippen molar-refractivity contribution in [2.24, 2.45) is 10.9 Å². The normalized spacial score (nSPS) is 10.6. The topological polar surface area (TPSA) is 64.7 Å². The third kappa shape index (κ3) is 2.80. The number of nitrogens with two attached hydrogens (primary N) is 1. The molecule has 0 aliphatic heterocycles. The lowest BCUT2D eigenvalue weighted by Crippen LogP contribution is -2.00. The van der Waals surface area contributed by atoms with Crippen LogP contribution in [0.4, 0.5) is 0 Å². The van der Waals surface area contributed by atoms with Crippen molar-refractivity contribution in [1.82, 2.24) is 0 Å². The maximum atomic E-state index is 11.4. The molecule has 0 saturated heterocycles. The Labute approximate surface area is 111 Å². The van der Waals surface area contributed by atoms with E-state index in [0.29, 0.717) is 5.56 Å². The summed E-state index contributed by atoms with van der Waals surface area (Å²) in [6.07, 6.45) is 1.60. The maximum absolute atomic E-state index is 11.4. The third-order valence-corrected chi connectivity index (χ3v) is 2.79. The van der Waals surface area contributed by atoms with Gasteiger partial charge in [0.15, 0.2) is 0 Å². The number of carbonyl (C=O) groups is 1. The number of ether oxygens (including phenoxy) is 1. The standard InChI is InChI=1S/C15H14N2O2/c1-19-15(18)12-8-6-11(7-9-12)14-5-3-2-4-13(14)10-17-16/h2-10H,16H2,1H3. The lowest BCUT2D eigenvalue weighted by Gasteiger charge is -2.06. The molecular formula is C15H14N2O2. The first kappa shape index (κ1) is 12.8. The summed E-state index contributed by atoms with van der Waals surface area (Å²) < 4.78 is 4.67. The summed E-state index contributed by atoms with van der Waals surface area (Å²) in [5.41, 5.74) is 3.45. The summed E-state index contributed by atoms with van der Waals surface area (Å²) in [5, 5.41) is 3.55. The summed E-state index contributed by atoms with van der Waals surface area (Å²) in [6, 6.07) is 15.0. The Morgan fingerprint density at radius 3 is 2.47 bits per heavy atom. The number of methoxy groups -OCH3 is 1. The Morgan fingerprint density at radius 2 is 1.84 bits per heavy atom. The van der Waals surface area contributed by atoms with Crippen LogP contribution in [-0.4, -0.2) is 19.3 Å². The lowest BCUT2D eigenvalue weighted by molar-refractivity contribution is 0.0601. The summed E-state index contributed by atoms with van der Waals surface area (Å²) in [6.45, 7) is 0. The van der Waals surface area contributed by atoms with Crippen molar-refractivity contribution in [2.75, 3.05) is 7.11 Å². The number of hydrogen-bond donors (Lipinski definition) is 1. The zero-order chi connectivity index (χ0) is 13.7. The SMILES string of the molecule is COC(=O)c1ccc(-c2ccccc2C=NN)cc1. The van der Waals surface area contributed by atoms with Gasteiger partial charge in [-0.3, -0.25) is 0 Å². The fourth-order valence-corrected chi connectivity index (χ4v) is 1.86. The van der Waals surface area contributed by atoms with Crippen LogP contribution in [0.15, 0.2) is 53.6 Å². The van der Waals surface area contributed by atoms with Crippen LogP contribution in [0.5, 0.6) is 0 Å². The minimum Gasteiger partial charge on any atom is -0.465 e. The molecule has 19 heavy (non-hydrogen) atoms. The minimum absolute atomic E-state index is 0.344. The summed E-state index contributed by atoms with van der Waals surface area (Å²) in [4.78, 5) is 11.4. The van der Waals surface area contributed by atoms with Crippen molar-refractivity contribution in [3.8, 4) is 11.1 Å². The second-order valence-corrected chi connectivity index (χ2v) is 3.93. The van der Waals surface area contributed by atoms with Gasteiger partial charge in [0.25, 0.3) is 0 Å². The summed E-state index contributed by atoms with van der Waals surface area (Å²) >= 11 is 0. The first-order chi connectivity index (χ1) is 9.26. The van der Waals surface area contributed by atoms with Crippen LogP contribution in [-0.2, 0) is 4.74 Å². The van der Waals surface area contributed by atoms with Crippen molar-refractivity contribution < 1.29 is 9.53 Å². The molecule has 2 N–H and O–H groups in total. The molecule has 0 atom stereocenters. The zero-order valence-corrected chi connectivity index (χ0v) is 10.5. The van der Waals surface area contributed by atoms with Gasteiger partial charge < -0.3 is 10.6 Å². The van der Waals surface area contributed by atoms with Gasteiger partial charge in [-0.1, -0.05) is 36.4 Å². The van der Waals surface area contributed by atoms with Crippen LogP contribution in [0.3, 0.4) is 0 Å². The van der Waals surface area contributed by atoms with E-state index in [2.05, 4.69) is 9.84 Å². The smallest absolute Gasteiger partial charge is 0.337 e. The lowest BCUT2D eigenvalue weighted by atomic mass is 9.99. The van der Waals surface area contributed by atoms with E-state index >= 15 is 0 Å². The number of carbonyl (C=O) groups excluding carboxylic acids is 1. The van der Waals surface area contributed by atoms with Crippen LogP contribution >= 0.6 is 0 Å². The molecule has 0 spiro atoms. The van der Waals surface area contributed by atoms with Crippen molar-refractivity contribution in [3.05, 3.63) is 59.7 Å². The molecule has 2 aromatic rings. The monoisotopic (exact) mass is 254 g/mol. The van der Waals surface area contributed by atoms with Gasteiger partial charge in [0, 0.05) is 5.56 Å². The Hall–Kier alpha value is -2.62. The van der Waals surface area contributed by atoms with Gasteiger partial charge in [-0.15, -0.1) is 0 Å². The third-order valence-electron chi connectivity index (χ3n) is 2.79. The first-order valence-corrected chi connectivity index (χ1v) is 5.77. The van der Waals surface area contributed by atoms with Crippen molar-refractivity contribution in [3.63, 3.8) is 0 Å². The van der Waals surface area contributed by atoms with E-state index in [4.69, 9.17) is 5.84 Å². The quantitative estimate of drug-likeness (QED) is 0.396. The molecule has 4 nitrogen and oxygen atoms in total. The van der Waals surface area contributed by atoms with Gasteiger partial charge in [0.2, 0.25) is 0 Å². The number of hydrazone groups is 1. The zero-order valence-electron chi connectivity index (χ0n) is 10.5. The van der Waals surface area contributed by atoms with E-state index in [-0.39, 0.29) is 5.97 Å². The molecule has 0 amide bonds. The van der Waals surface area contributed by atoms with Crippen LogP contribution < -0.4 is 5.84 Å². The predicted molar refractivity (Wildman–Crippen MR) is 75.0 cm³/mol. The molecule has 0 radical (unpaired) electrons. The second kappa shape index (κ2) is 5.82. The van der Waals surface area contributed by atoms with Gasteiger partial charge in [0.05, 0.1) is 18.9 Å². The average molecular weight is 254 g/mol. The first-order valence-electron chi connectivity index (χ1n) is 5.77. The average Bonchev–Trinajstić information content (AvgIpc) is 2.47. The van der Waals surface area contributed by atoms with Gasteiger partial charge in [-0.05, 0) is 23.3 Å². The van der Waals surface area contributed by atoms with Crippen molar-refractivity contribution in [1.29, 1.82) is 0 Å². The number of nitrogens with zero attached hydrogens (tertiary/aromatic N) is 1. The Balaban J connectivity index is 2.40. The molecule has 4 heteroatoms. The molecule has 0 aliphatic carbocycles. The van der Waals surface area contributed by atoms with E-state index in [9.17, 15) is 4.79 Å². The highest BCUT2D eigenvalue weighted by atomic mass is 16.5. The summed E-state index contributed by atoms with van der Waals surface area (Å²) in [7, 11) is 1.36. The van der Waals surface area contributed by atoms with Gasteiger partial charge in [-0.25, -0.2) is 4.79 Å². The molecule has 2 rings (SSSR count). The van der Waals surface area contributed by atoms with Gasteiger partial charge in [0.1, 0.15) is 0 Å². The van der Waals surface area contributed by atoms with Gasteiger partial charge in [-0.2, -0.15) is 5.10 Å². The van der Waals surface area contributed by atoms with Crippen LogP contribution in [0.1, 0.15) is 15.9 Å². The molecule has 0 aromatic heterocycles. The molecule has 0 heterocycles. The highest BCUT2D eigenvalue weighted by Gasteiger charge is 2.06. The minimum atomic E-state index is -0.344. The number of benzene rings is 2. The van der Waals surface area contributed by atoms with E-state index in [0.717, 1.165) is 16.7 Å². The van der Waals surface area contributed by atoms with Crippen LogP contribution in [0.25, 0.3) is 11.1 Å². The van der Waals surface area contributed by atoms with Crippen LogP contribution in [0.2, 0.25) is 0 Å². The fraction of sp³-hybridized carbons (Fsp3) is 0.0667. The highest BCUT2D eigenvalue weighted by molar-refractivity contribution is 5.92. The largest absolute Gasteiger partial charge is 0.465 e. The molecule has 2 aromatic carbocycles. The van der Waals surface area contributed by atoms with E-state index in [1.807, 2.05) is 36.4 Å². The van der Waals surface area contributed by atoms with Crippen molar-refractivity contribution >= 4 is 12.2 Å². The Kier molecular flexibility index (Phi) is 3.93. The Morgan fingerprint density at radius 1 is 1.16 bits per heavy atom. The number of hydrogen-bond acceptors (Lipinski definition) is 4. The molecule has 0 aliphatic rings. The molecule has 96 valence electrons. The molecular weight excluding hydrogens is 240 g/mol. The van der Waals surface area contributed by atoms with E-state index in [1.54, 1.807) is 18.3 Å². The Bertz CT molecular complexity index is 604. The fourth-order valence-electron chi connectivity index (χ4n) is 1.86.